The summed E-state index contributed by atoms with van der Waals surface area (Å²) in [5.74, 6) is 1.36. The summed E-state index contributed by atoms with van der Waals surface area (Å²) in [7, 11) is -0.974. The molecule has 218 valence electrons. The van der Waals surface area contributed by atoms with Crippen LogP contribution < -0.4 is 14.2 Å². The molecule has 2 aromatic rings. The van der Waals surface area contributed by atoms with Gasteiger partial charge >= 0.3 is 0 Å². The molecular formula is C28H34Cl2N2O7S. The van der Waals surface area contributed by atoms with E-state index in [0.29, 0.717) is 36.6 Å². The van der Waals surface area contributed by atoms with Crippen LogP contribution in [0.5, 0.6) is 17.2 Å². The van der Waals surface area contributed by atoms with Crippen molar-refractivity contribution in [3.05, 3.63) is 46.4 Å². The molecule has 3 fully saturated rings. The Balaban J connectivity index is 1.41. The molecule has 9 nitrogen and oxygen atoms in total. The maximum absolute atomic E-state index is 14.0. The summed E-state index contributed by atoms with van der Waals surface area (Å²) in [6.07, 6.45) is 2.11. The van der Waals surface area contributed by atoms with Crippen molar-refractivity contribution in [2.75, 3.05) is 33.9 Å². The highest BCUT2D eigenvalue weighted by molar-refractivity contribution is 7.89. The Bertz CT molecular complexity index is 1370. The van der Waals surface area contributed by atoms with Gasteiger partial charge in [0, 0.05) is 34.1 Å². The molecule has 2 saturated heterocycles. The van der Waals surface area contributed by atoms with Gasteiger partial charge in [0.1, 0.15) is 18.4 Å². The zero-order chi connectivity index (χ0) is 28.8. The van der Waals surface area contributed by atoms with Crippen molar-refractivity contribution in [2.24, 2.45) is 11.3 Å². The molecule has 2 aliphatic heterocycles. The van der Waals surface area contributed by atoms with E-state index in [1.807, 2.05) is 0 Å². The number of carbonyl (C=O) groups is 1. The number of carbonyl (C=O) groups excluding carboxylic acids is 1. The maximum atomic E-state index is 14.0. The van der Waals surface area contributed by atoms with Crippen LogP contribution in [-0.4, -0.2) is 80.7 Å². The standard InChI is InChI=1S/C28H34Cl2N2O7S/c1-17(33)11-18-16-31(9-10-39-21-6-7-23(37-2)24(15-21)38-3)27(34)26-28(18)8-4-5-25(28)32(26)40(35,36)22-13-19(29)12-20(30)14-22/h6-7,12-15,17-18,25-26,33H,4-5,8-11,16H2,1-3H3/t17-,18-,25?,26?,28?/m0/s1. The van der Waals surface area contributed by atoms with E-state index in [0.717, 1.165) is 12.8 Å². The number of sulfonamides is 1. The Morgan fingerprint density at radius 2 is 1.80 bits per heavy atom. The molecule has 5 rings (SSSR count). The lowest BCUT2D eigenvalue weighted by atomic mass is 9.56. The van der Waals surface area contributed by atoms with E-state index in [4.69, 9.17) is 37.4 Å². The first-order valence-corrected chi connectivity index (χ1v) is 15.5. The molecule has 0 aromatic heterocycles. The number of hydrogen-bond acceptors (Lipinski definition) is 7. The van der Waals surface area contributed by atoms with Crippen LogP contribution in [0.1, 0.15) is 32.6 Å². The monoisotopic (exact) mass is 612 g/mol. The highest BCUT2D eigenvalue weighted by Gasteiger charge is 2.73. The Labute approximate surface area is 244 Å². The topological polar surface area (TPSA) is 106 Å². The zero-order valence-electron chi connectivity index (χ0n) is 22.7. The lowest BCUT2D eigenvalue weighted by molar-refractivity contribution is -0.184. The number of likely N-dealkylation sites (tertiary alicyclic amines) is 1. The van der Waals surface area contributed by atoms with Crippen LogP contribution in [0.25, 0.3) is 0 Å². The first-order valence-electron chi connectivity index (χ1n) is 13.3. The second-order valence-electron chi connectivity index (χ2n) is 10.8. The highest BCUT2D eigenvalue weighted by Crippen LogP contribution is 2.63. The summed E-state index contributed by atoms with van der Waals surface area (Å²) in [6.45, 7) is 2.63. The van der Waals surface area contributed by atoms with Crippen LogP contribution in [0.3, 0.4) is 0 Å². The van der Waals surface area contributed by atoms with Gasteiger partial charge in [0.05, 0.1) is 31.8 Å². The van der Waals surface area contributed by atoms with Crippen LogP contribution in [0.4, 0.5) is 0 Å². The molecule has 1 aliphatic carbocycles. The third-order valence-corrected chi connectivity index (χ3v) is 10.8. The molecule has 1 N–H and O–H groups in total. The van der Waals surface area contributed by atoms with Gasteiger partial charge in [-0.25, -0.2) is 8.42 Å². The Morgan fingerprint density at radius 3 is 2.45 bits per heavy atom. The molecule has 1 saturated carbocycles. The number of aliphatic hydroxyl groups excluding tert-OH is 1. The molecular weight excluding hydrogens is 579 g/mol. The van der Waals surface area contributed by atoms with Crippen molar-refractivity contribution in [1.29, 1.82) is 0 Å². The SMILES string of the molecule is COc1ccc(OCCN2C[C@H](C[C@H](C)O)C34CCCC3N(S(=O)(=O)c3cc(Cl)cc(Cl)c3)C4C2=O)cc1OC. The van der Waals surface area contributed by atoms with Crippen LogP contribution in [0.15, 0.2) is 41.3 Å². The van der Waals surface area contributed by atoms with E-state index in [1.165, 1.54) is 29.6 Å². The number of rotatable bonds is 10. The summed E-state index contributed by atoms with van der Waals surface area (Å²) < 4.78 is 45.8. The van der Waals surface area contributed by atoms with Crippen molar-refractivity contribution in [3.63, 3.8) is 0 Å². The first-order chi connectivity index (χ1) is 19.0. The van der Waals surface area contributed by atoms with E-state index in [2.05, 4.69) is 0 Å². The highest BCUT2D eigenvalue weighted by atomic mass is 35.5. The Hall–Kier alpha value is -2.24. The minimum atomic E-state index is -4.07. The Morgan fingerprint density at radius 1 is 1.10 bits per heavy atom. The van der Waals surface area contributed by atoms with E-state index < -0.39 is 27.6 Å². The maximum Gasteiger partial charge on any atom is 0.244 e. The third-order valence-electron chi connectivity index (χ3n) is 8.55. The van der Waals surface area contributed by atoms with E-state index in [9.17, 15) is 18.3 Å². The van der Waals surface area contributed by atoms with Gasteiger partial charge in [-0.1, -0.05) is 29.6 Å². The first kappa shape index (κ1) is 29.3. The number of amides is 1. The number of piperidine rings is 1. The fraction of sp³-hybridized carbons (Fsp3) is 0.536. The molecule has 2 aromatic carbocycles. The van der Waals surface area contributed by atoms with Crippen molar-refractivity contribution >= 4 is 39.1 Å². The predicted molar refractivity (Wildman–Crippen MR) is 151 cm³/mol. The normalized spacial score (nSPS) is 27.0. The average molecular weight is 614 g/mol. The Kier molecular flexibility index (Phi) is 8.20. The number of benzene rings is 2. The average Bonchev–Trinajstić information content (AvgIpc) is 3.22. The quantitative estimate of drug-likeness (QED) is 0.428. The molecule has 3 aliphatic rings. The lowest BCUT2D eigenvalue weighted by Gasteiger charge is -2.65. The molecule has 3 unspecified atom stereocenters. The van der Waals surface area contributed by atoms with E-state index in [-0.39, 0.29) is 46.0 Å². The number of methoxy groups -OCH3 is 2. The van der Waals surface area contributed by atoms with Gasteiger partial charge in [-0.3, -0.25) is 4.79 Å². The van der Waals surface area contributed by atoms with Crippen LogP contribution in [0.2, 0.25) is 10.0 Å². The minimum Gasteiger partial charge on any atom is -0.493 e. The van der Waals surface area contributed by atoms with Gasteiger partial charge in [0.2, 0.25) is 15.9 Å². The molecule has 0 radical (unpaired) electrons. The lowest BCUT2D eigenvalue weighted by Crippen LogP contribution is -2.80. The molecule has 2 heterocycles. The summed E-state index contributed by atoms with van der Waals surface area (Å²) in [5.41, 5.74) is -0.510. The van der Waals surface area contributed by atoms with Gasteiger partial charge in [-0.2, -0.15) is 4.31 Å². The fourth-order valence-corrected chi connectivity index (χ4v) is 9.64. The molecule has 12 heteroatoms. The van der Waals surface area contributed by atoms with Crippen molar-refractivity contribution in [1.82, 2.24) is 9.21 Å². The molecule has 40 heavy (non-hydrogen) atoms. The number of halogens is 2. The largest absolute Gasteiger partial charge is 0.493 e. The number of nitrogens with zero attached hydrogens (tertiary/aromatic N) is 2. The minimum absolute atomic E-state index is 0.0284. The van der Waals surface area contributed by atoms with Gasteiger partial charge < -0.3 is 24.2 Å². The van der Waals surface area contributed by atoms with Crippen LogP contribution in [-0.2, 0) is 14.8 Å². The second-order valence-corrected chi connectivity index (χ2v) is 13.5. The number of ether oxygens (including phenoxy) is 3. The number of aliphatic hydroxyl groups is 1. The molecule has 1 spiro atoms. The molecule has 5 atom stereocenters. The van der Waals surface area contributed by atoms with Crippen molar-refractivity contribution in [2.45, 2.75) is 55.7 Å². The summed E-state index contributed by atoms with van der Waals surface area (Å²) in [5, 5.41) is 10.8. The second kappa shape index (κ2) is 11.2. The van der Waals surface area contributed by atoms with E-state index in [1.54, 1.807) is 37.1 Å². The van der Waals surface area contributed by atoms with Crippen LogP contribution >= 0.6 is 23.2 Å². The van der Waals surface area contributed by atoms with Gasteiger partial charge in [-0.15, -0.1) is 0 Å². The summed E-state index contributed by atoms with van der Waals surface area (Å²) in [4.78, 5) is 15.7. The summed E-state index contributed by atoms with van der Waals surface area (Å²) >= 11 is 12.3. The number of hydrogen-bond donors (Lipinski definition) is 1. The fourth-order valence-electron chi connectivity index (χ4n) is 6.98. The predicted octanol–water partition coefficient (Wildman–Crippen LogP) is 4.23. The van der Waals surface area contributed by atoms with Crippen molar-refractivity contribution in [3.8, 4) is 17.2 Å². The molecule has 1 amide bonds. The molecule has 0 bridgehead atoms. The summed E-state index contributed by atoms with van der Waals surface area (Å²) in [6, 6.07) is 8.23. The van der Waals surface area contributed by atoms with E-state index >= 15 is 0 Å². The zero-order valence-corrected chi connectivity index (χ0v) is 25.0. The van der Waals surface area contributed by atoms with Gasteiger partial charge in [0.15, 0.2) is 11.5 Å². The smallest absolute Gasteiger partial charge is 0.244 e. The van der Waals surface area contributed by atoms with Gasteiger partial charge in [0.25, 0.3) is 0 Å². The van der Waals surface area contributed by atoms with Crippen molar-refractivity contribution < 1.29 is 32.5 Å². The third kappa shape index (κ3) is 4.91. The van der Waals surface area contributed by atoms with Crippen LogP contribution in [0, 0.1) is 11.3 Å². The van der Waals surface area contributed by atoms with Gasteiger partial charge in [-0.05, 0) is 62.4 Å².